The van der Waals surface area contributed by atoms with E-state index in [4.69, 9.17) is 9.73 Å². The minimum absolute atomic E-state index is 0.134. The van der Waals surface area contributed by atoms with E-state index in [-0.39, 0.29) is 11.5 Å². The maximum absolute atomic E-state index is 11.6. The molecule has 0 aliphatic carbocycles. The highest BCUT2D eigenvalue weighted by atomic mass is 16.5. The molecule has 0 aromatic heterocycles. The average Bonchev–Trinajstić information content (AvgIpc) is 2.65. The molecule has 2 rings (SSSR count). The van der Waals surface area contributed by atoms with Crippen LogP contribution >= 0.6 is 0 Å². The van der Waals surface area contributed by atoms with E-state index in [1.807, 2.05) is 0 Å². The number of piperidine rings is 1. The van der Waals surface area contributed by atoms with Crippen molar-refractivity contribution in [2.24, 2.45) is 10.9 Å². The smallest absolute Gasteiger partial charge is 0.220 e. The molecular formula is C23H38N4O2. The van der Waals surface area contributed by atoms with Crippen LogP contribution in [0.15, 0.2) is 23.2 Å². The van der Waals surface area contributed by atoms with Gasteiger partial charge in [-0.1, -0.05) is 12.1 Å². The Hall–Kier alpha value is -2.24. The molecule has 6 nitrogen and oxygen atoms in total. The van der Waals surface area contributed by atoms with Gasteiger partial charge in [-0.3, -0.25) is 4.79 Å². The second-order valence-corrected chi connectivity index (χ2v) is 8.80. The third-order valence-electron chi connectivity index (χ3n) is 5.04. The Morgan fingerprint density at radius 1 is 1.28 bits per heavy atom. The molecule has 0 saturated carbocycles. The van der Waals surface area contributed by atoms with Crippen LogP contribution in [0.2, 0.25) is 0 Å². The average molecular weight is 403 g/mol. The molecule has 1 aliphatic rings. The monoisotopic (exact) mass is 402 g/mol. The molecule has 0 atom stereocenters. The van der Waals surface area contributed by atoms with Gasteiger partial charge in [0.2, 0.25) is 5.91 Å². The van der Waals surface area contributed by atoms with Crippen molar-refractivity contribution < 1.29 is 9.53 Å². The van der Waals surface area contributed by atoms with Crippen LogP contribution in [0, 0.1) is 12.8 Å². The number of ether oxygens (including phenoxy) is 1. The van der Waals surface area contributed by atoms with Crippen LogP contribution in [0.5, 0.6) is 5.75 Å². The number of carbonyl (C=O) groups is 1. The van der Waals surface area contributed by atoms with E-state index in [1.54, 1.807) is 7.05 Å². The van der Waals surface area contributed by atoms with Crippen LogP contribution in [-0.2, 0) is 11.3 Å². The maximum atomic E-state index is 11.6. The molecule has 6 heteroatoms. The quantitative estimate of drug-likeness (QED) is 0.565. The predicted molar refractivity (Wildman–Crippen MR) is 119 cm³/mol. The summed E-state index contributed by atoms with van der Waals surface area (Å²) in [5.74, 6) is 2.43. The number of aryl methyl sites for hydroxylation is 1. The SMILES string of the molecule is CCNC(=NCc1ccc(C)cc1OC(C)(C)C)N1CCC(CC(=O)NC)CC1. The van der Waals surface area contributed by atoms with E-state index in [2.05, 4.69) is 68.4 Å². The fourth-order valence-electron chi connectivity index (χ4n) is 3.52. The molecule has 162 valence electrons. The van der Waals surface area contributed by atoms with Crippen LogP contribution in [0.4, 0.5) is 0 Å². The topological polar surface area (TPSA) is 66.0 Å². The van der Waals surface area contributed by atoms with E-state index in [9.17, 15) is 4.79 Å². The van der Waals surface area contributed by atoms with Gasteiger partial charge in [0, 0.05) is 38.7 Å². The fraction of sp³-hybridized carbons (Fsp3) is 0.652. The zero-order valence-electron chi connectivity index (χ0n) is 19.0. The van der Waals surface area contributed by atoms with Crippen LogP contribution in [-0.4, -0.2) is 49.0 Å². The zero-order chi connectivity index (χ0) is 21.4. The van der Waals surface area contributed by atoms with Gasteiger partial charge in [0.15, 0.2) is 5.96 Å². The molecule has 0 bridgehead atoms. The van der Waals surface area contributed by atoms with Gasteiger partial charge in [0.1, 0.15) is 11.4 Å². The summed E-state index contributed by atoms with van der Waals surface area (Å²) in [6.07, 6.45) is 2.65. The number of carbonyl (C=O) groups excluding carboxylic acids is 1. The number of amides is 1. The number of hydrogen-bond donors (Lipinski definition) is 2. The van der Waals surface area contributed by atoms with E-state index < -0.39 is 0 Å². The number of hydrogen-bond acceptors (Lipinski definition) is 3. The molecule has 2 N–H and O–H groups in total. The Balaban J connectivity index is 2.07. The first kappa shape index (κ1) is 23.0. The summed E-state index contributed by atoms with van der Waals surface area (Å²) in [4.78, 5) is 18.8. The first-order valence-corrected chi connectivity index (χ1v) is 10.7. The fourth-order valence-corrected chi connectivity index (χ4v) is 3.52. The van der Waals surface area contributed by atoms with Crippen molar-refractivity contribution in [2.45, 2.75) is 66.0 Å². The van der Waals surface area contributed by atoms with Gasteiger partial charge >= 0.3 is 0 Å². The molecule has 1 fully saturated rings. The Morgan fingerprint density at radius 2 is 1.97 bits per heavy atom. The first-order valence-electron chi connectivity index (χ1n) is 10.7. The lowest BCUT2D eigenvalue weighted by Gasteiger charge is -2.34. The molecule has 1 aromatic rings. The van der Waals surface area contributed by atoms with Crippen molar-refractivity contribution >= 4 is 11.9 Å². The third kappa shape index (κ3) is 7.59. The number of likely N-dealkylation sites (tertiary alicyclic amines) is 1. The van der Waals surface area contributed by atoms with E-state index >= 15 is 0 Å². The van der Waals surface area contributed by atoms with Crippen molar-refractivity contribution in [3.63, 3.8) is 0 Å². The molecule has 0 spiro atoms. The number of rotatable bonds is 6. The van der Waals surface area contributed by atoms with Crippen molar-refractivity contribution in [3.05, 3.63) is 29.3 Å². The number of guanidine groups is 1. The van der Waals surface area contributed by atoms with Crippen molar-refractivity contribution in [1.29, 1.82) is 0 Å². The summed E-state index contributed by atoms with van der Waals surface area (Å²) in [6.45, 7) is 13.6. The second-order valence-electron chi connectivity index (χ2n) is 8.80. The molecular weight excluding hydrogens is 364 g/mol. The van der Waals surface area contributed by atoms with Gasteiger partial charge in [0.25, 0.3) is 0 Å². The number of benzene rings is 1. The standard InChI is InChI=1S/C23H38N4O2/c1-7-25-22(27-12-10-18(11-13-27)15-21(28)24-6)26-16-19-9-8-17(2)14-20(19)29-23(3,4)5/h8-9,14,18H,7,10-13,15-16H2,1-6H3,(H,24,28)(H,25,26). The summed E-state index contributed by atoms with van der Waals surface area (Å²) < 4.78 is 6.17. The summed E-state index contributed by atoms with van der Waals surface area (Å²) in [5, 5.41) is 6.15. The number of aliphatic imine (C=N–C) groups is 1. The summed E-state index contributed by atoms with van der Waals surface area (Å²) in [7, 11) is 1.70. The lowest BCUT2D eigenvalue weighted by atomic mass is 9.93. The molecule has 1 aliphatic heterocycles. The zero-order valence-corrected chi connectivity index (χ0v) is 19.0. The molecule has 29 heavy (non-hydrogen) atoms. The van der Waals surface area contributed by atoms with Gasteiger partial charge < -0.3 is 20.3 Å². The molecule has 1 heterocycles. The molecule has 1 saturated heterocycles. The molecule has 1 aromatic carbocycles. The van der Waals surface area contributed by atoms with Gasteiger partial charge in [0.05, 0.1) is 6.54 Å². The van der Waals surface area contributed by atoms with Crippen molar-refractivity contribution in [3.8, 4) is 5.75 Å². The highest BCUT2D eigenvalue weighted by Crippen LogP contribution is 2.26. The van der Waals surface area contributed by atoms with E-state index in [1.165, 1.54) is 5.56 Å². The normalized spacial score (nSPS) is 15.9. The lowest BCUT2D eigenvalue weighted by Crippen LogP contribution is -2.46. The summed E-state index contributed by atoms with van der Waals surface area (Å²) >= 11 is 0. The van der Waals surface area contributed by atoms with Crippen LogP contribution in [0.3, 0.4) is 0 Å². The highest BCUT2D eigenvalue weighted by Gasteiger charge is 2.23. The molecule has 1 amide bonds. The summed E-state index contributed by atoms with van der Waals surface area (Å²) in [5.41, 5.74) is 2.03. The van der Waals surface area contributed by atoms with Crippen LogP contribution in [0.1, 0.15) is 58.1 Å². The lowest BCUT2D eigenvalue weighted by molar-refractivity contribution is -0.121. The predicted octanol–water partition coefficient (Wildman–Crippen LogP) is 3.49. The Labute approximate surface area is 176 Å². The maximum Gasteiger partial charge on any atom is 0.220 e. The first-order chi connectivity index (χ1) is 13.7. The number of nitrogens with one attached hydrogen (secondary N) is 2. The van der Waals surface area contributed by atoms with E-state index in [0.29, 0.717) is 18.9 Å². The largest absolute Gasteiger partial charge is 0.488 e. The van der Waals surface area contributed by atoms with Gasteiger partial charge in [-0.2, -0.15) is 0 Å². The Morgan fingerprint density at radius 3 is 2.55 bits per heavy atom. The van der Waals surface area contributed by atoms with Gasteiger partial charge in [-0.15, -0.1) is 0 Å². The Kier molecular flexibility index (Phi) is 8.35. The van der Waals surface area contributed by atoms with Crippen molar-refractivity contribution in [2.75, 3.05) is 26.7 Å². The van der Waals surface area contributed by atoms with Gasteiger partial charge in [-0.05, 0) is 65.0 Å². The van der Waals surface area contributed by atoms with Crippen molar-refractivity contribution in [1.82, 2.24) is 15.5 Å². The van der Waals surface area contributed by atoms with Crippen LogP contribution in [0.25, 0.3) is 0 Å². The molecule has 0 radical (unpaired) electrons. The Bertz CT molecular complexity index is 701. The summed E-state index contributed by atoms with van der Waals surface area (Å²) in [6, 6.07) is 6.31. The molecule has 0 unspecified atom stereocenters. The van der Waals surface area contributed by atoms with Crippen LogP contribution < -0.4 is 15.4 Å². The minimum Gasteiger partial charge on any atom is -0.488 e. The third-order valence-corrected chi connectivity index (χ3v) is 5.04. The van der Waals surface area contributed by atoms with Gasteiger partial charge in [-0.25, -0.2) is 4.99 Å². The number of nitrogens with zero attached hydrogens (tertiary/aromatic N) is 2. The van der Waals surface area contributed by atoms with E-state index in [0.717, 1.165) is 49.7 Å². The minimum atomic E-state index is -0.247. The second kappa shape index (κ2) is 10.5. The highest BCUT2D eigenvalue weighted by molar-refractivity contribution is 5.80.